The van der Waals surface area contributed by atoms with Crippen LogP contribution in [0.5, 0.6) is 0 Å². The van der Waals surface area contributed by atoms with E-state index in [0.29, 0.717) is 5.41 Å². The Labute approximate surface area is 77.9 Å². The number of hydrogen-bond acceptors (Lipinski definition) is 1. The zero-order valence-electron chi connectivity index (χ0n) is 9.78. The van der Waals surface area contributed by atoms with Crippen molar-refractivity contribution >= 4 is 0 Å². The summed E-state index contributed by atoms with van der Waals surface area (Å²) in [4.78, 5) is 0. The van der Waals surface area contributed by atoms with Crippen LogP contribution in [-0.2, 0) is 0 Å². The molecule has 0 aliphatic heterocycles. The maximum atomic E-state index is 3.60. The Morgan fingerprint density at radius 1 is 1.00 bits per heavy atom. The minimum Gasteiger partial charge on any atom is -0.311 e. The van der Waals surface area contributed by atoms with E-state index in [1.165, 1.54) is 0 Å². The maximum absolute atomic E-state index is 3.60. The summed E-state index contributed by atoms with van der Waals surface area (Å²) in [6.45, 7) is 17.0. The summed E-state index contributed by atoms with van der Waals surface area (Å²) in [5.74, 6) is 0.728. The first kappa shape index (κ1) is 12.0. The summed E-state index contributed by atoms with van der Waals surface area (Å²) in [7, 11) is 0. The molecular formula is C11H25N. The van der Waals surface area contributed by atoms with Gasteiger partial charge in [0.05, 0.1) is 0 Å². The van der Waals surface area contributed by atoms with Gasteiger partial charge in [-0.3, -0.25) is 0 Å². The molecule has 0 bridgehead atoms. The molecule has 74 valence electrons. The van der Waals surface area contributed by atoms with Crippen LogP contribution < -0.4 is 5.32 Å². The fourth-order valence-corrected chi connectivity index (χ4v) is 0.724. The van der Waals surface area contributed by atoms with E-state index in [-0.39, 0.29) is 5.54 Å². The third kappa shape index (κ3) is 3.57. The van der Waals surface area contributed by atoms with Crippen molar-refractivity contribution < 1.29 is 0 Å². The van der Waals surface area contributed by atoms with E-state index < -0.39 is 0 Å². The van der Waals surface area contributed by atoms with E-state index in [4.69, 9.17) is 0 Å². The molecule has 0 fully saturated rings. The van der Waals surface area contributed by atoms with Crippen molar-refractivity contribution in [3.8, 4) is 0 Å². The third-order valence-electron chi connectivity index (χ3n) is 2.83. The highest BCUT2D eigenvalue weighted by molar-refractivity contribution is 4.89. The maximum Gasteiger partial charge on any atom is 0.0173 e. The third-order valence-corrected chi connectivity index (χ3v) is 2.83. The topological polar surface area (TPSA) is 12.0 Å². The van der Waals surface area contributed by atoms with Crippen LogP contribution in [0.4, 0.5) is 0 Å². The Kier molecular flexibility index (Phi) is 3.77. The lowest BCUT2D eigenvalue weighted by Crippen LogP contribution is -2.51. The SMILES string of the molecule is CC(C)CNC(C)(C)C(C)(C)C. The molecule has 0 radical (unpaired) electrons. The second kappa shape index (κ2) is 3.78. The highest BCUT2D eigenvalue weighted by Gasteiger charge is 2.31. The molecule has 1 heteroatoms. The fourth-order valence-electron chi connectivity index (χ4n) is 0.724. The van der Waals surface area contributed by atoms with Crippen LogP contribution in [0.2, 0.25) is 0 Å². The Balaban J connectivity index is 4.05. The Bertz CT molecular complexity index is 128. The summed E-state index contributed by atoms with van der Waals surface area (Å²) in [5, 5.41) is 3.60. The molecule has 0 aromatic carbocycles. The van der Waals surface area contributed by atoms with Gasteiger partial charge in [0.2, 0.25) is 0 Å². The average molecular weight is 171 g/mol. The van der Waals surface area contributed by atoms with E-state index in [2.05, 4.69) is 53.8 Å². The molecule has 0 atom stereocenters. The van der Waals surface area contributed by atoms with E-state index >= 15 is 0 Å². The number of nitrogens with one attached hydrogen (secondary N) is 1. The number of hydrogen-bond donors (Lipinski definition) is 1. The average Bonchev–Trinajstić information content (AvgIpc) is 1.81. The van der Waals surface area contributed by atoms with Gasteiger partial charge in [-0.1, -0.05) is 34.6 Å². The van der Waals surface area contributed by atoms with Crippen LogP contribution in [0.3, 0.4) is 0 Å². The Hall–Kier alpha value is -0.0400. The molecule has 0 aromatic rings. The van der Waals surface area contributed by atoms with Crippen LogP contribution >= 0.6 is 0 Å². The van der Waals surface area contributed by atoms with E-state index in [0.717, 1.165) is 12.5 Å². The first-order valence-electron chi connectivity index (χ1n) is 4.92. The normalized spacial score (nSPS) is 14.0. The molecule has 1 nitrogen and oxygen atoms in total. The second-order valence-electron chi connectivity index (χ2n) is 5.65. The molecule has 0 aliphatic rings. The van der Waals surface area contributed by atoms with Gasteiger partial charge < -0.3 is 5.32 Å². The van der Waals surface area contributed by atoms with Gasteiger partial charge >= 0.3 is 0 Å². The van der Waals surface area contributed by atoms with Crippen molar-refractivity contribution in [1.82, 2.24) is 5.32 Å². The van der Waals surface area contributed by atoms with Gasteiger partial charge in [0.25, 0.3) is 0 Å². The van der Waals surface area contributed by atoms with Gasteiger partial charge in [0.15, 0.2) is 0 Å². The molecule has 0 saturated carbocycles. The highest BCUT2D eigenvalue weighted by Crippen LogP contribution is 2.29. The summed E-state index contributed by atoms with van der Waals surface area (Å²) >= 11 is 0. The molecule has 0 unspecified atom stereocenters. The zero-order chi connectivity index (χ0) is 9.99. The Morgan fingerprint density at radius 3 is 1.67 bits per heavy atom. The van der Waals surface area contributed by atoms with Gasteiger partial charge in [-0.25, -0.2) is 0 Å². The predicted molar refractivity (Wildman–Crippen MR) is 56.4 cm³/mol. The summed E-state index contributed by atoms with van der Waals surface area (Å²) in [6.07, 6.45) is 0. The van der Waals surface area contributed by atoms with Crippen LogP contribution in [-0.4, -0.2) is 12.1 Å². The van der Waals surface area contributed by atoms with Gasteiger partial charge in [0.1, 0.15) is 0 Å². The summed E-state index contributed by atoms with van der Waals surface area (Å²) < 4.78 is 0. The smallest absolute Gasteiger partial charge is 0.0173 e. The lowest BCUT2D eigenvalue weighted by atomic mass is 9.76. The first-order valence-corrected chi connectivity index (χ1v) is 4.92. The largest absolute Gasteiger partial charge is 0.311 e. The number of rotatable bonds is 3. The molecule has 0 aliphatic carbocycles. The van der Waals surface area contributed by atoms with Gasteiger partial charge in [-0.05, 0) is 31.7 Å². The van der Waals surface area contributed by atoms with Gasteiger partial charge in [-0.2, -0.15) is 0 Å². The van der Waals surface area contributed by atoms with Gasteiger partial charge in [0, 0.05) is 5.54 Å². The van der Waals surface area contributed by atoms with E-state index in [9.17, 15) is 0 Å². The quantitative estimate of drug-likeness (QED) is 0.688. The molecule has 0 heterocycles. The van der Waals surface area contributed by atoms with Crippen LogP contribution in [0, 0.1) is 11.3 Å². The highest BCUT2D eigenvalue weighted by atomic mass is 15.0. The van der Waals surface area contributed by atoms with Crippen molar-refractivity contribution in [2.45, 2.75) is 54.0 Å². The molecule has 0 spiro atoms. The second-order valence-corrected chi connectivity index (χ2v) is 5.65. The molecular weight excluding hydrogens is 146 g/mol. The molecule has 0 rings (SSSR count). The molecule has 0 amide bonds. The molecule has 0 saturated heterocycles. The predicted octanol–water partition coefficient (Wildman–Crippen LogP) is 3.06. The lowest BCUT2D eigenvalue weighted by molar-refractivity contribution is 0.171. The van der Waals surface area contributed by atoms with E-state index in [1.54, 1.807) is 0 Å². The molecule has 0 aromatic heterocycles. The fraction of sp³-hybridized carbons (Fsp3) is 1.00. The van der Waals surface area contributed by atoms with Crippen molar-refractivity contribution in [3.05, 3.63) is 0 Å². The molecule has 1 N–H and O–H groups in total. The minimum absolute atomic E-state index is 0.220. The van der Waals surface area contributed by atoms with Crippen LogP contribution in [0.15, 0.2) is 0 Å². The van der Waals surface area contributed by atoms with E-state index in [1.807, 2.05) is 0 Å². The zero-order valence-corrected chi connectivity index (χ0v) is 9.78. The van der Waals surface area contributed by atoms with Gasteiger partial charge in [-0.15, -0.1) is 0 Å². The van der Waals surface area contributed by atoms with Crippen molar-refractivity contribution in [1.29, 1.82) is 0 Å². The summed E-state index contributed by atoms with van der Waals surface area (Å²) in [6, 6.07) is 0. The summed E-state index contributed by atoms with van der Waals surface area (Å²) in [5.41, 5.74) is 0.541. The first-order chi connectivity index (χ1) is 5.17. The van der Waals surface area contributed by atoms with Crippen molar-refractivity contribution in [2.24, 2.45) is 11.3 Å². The van der Waals surface area contributed by atoms with Crippen molar-refractivity contribution in [3.63, 3.8) is 0 Å². The lowest BCUT2D eigenvalue weighted by Gasteiger charge is -2.40. The molecule has 12 heavy (non-hydrogen) atoms. The monoisotopic (exact) mass is 171 g/mol. The van der Waals surface area contributed by atoms with Crippen LogP contribution in [0.1, 0.15) is 48.5 Å². The standard InChI is InChI=1S/C11H25N/c1-9(2)8-12-11(6,7)10(3,4)5/h9,12H,8H2,1-7H3. The van der Waals surface area contributed by atoms with Crippen LogP contribution in [0.25, 0.3) is 0 Å². The minimum atomic E-state index is 0.220. The Morgan fingerprint density at radius 2 is 1.42 bits per heavy atom. The van der Waals surface area contributed by atoms with Crippen molar-refractivity contribution in [2.75, 3.05) is 6.54 Å².